The van der Waals surface area contributed by atoms with Gasteiger partial charge in [0, 0.05) is 37.4 Å². The number of hydrogen-bond acceptors (Lipinski definition) is 10. The molecule has 14 heteroatoms. The lowest BCUT2D eigenvalue weighted by Crippen LogP contribution is -2.13. The van der Waals surface area contributed by atoms with Gasteiger partial charge in [-0.2, -0.15) is 0 Å². The Morgan fingerprint density at radius 2 is 0.871 bits per heavy atom. The minimum absolute atomic E-state index is 0.0329. The van der Waals surface area contributed by atoms with Crippen LogP contribution in [-0.4, -0.2) is 32.8 Å². The third-order valence-corrected chi connectivity index (χ3v) is 4.23. The Morgan fingerprint density at radius 3 is 1.10 bits per heavy atom. The molecule has 0 saturated carbocycles. The van der Waals surface area contributed by atoms with Gasteiger partial charge in [0.1, 0.15) is 0 Å². The second kappa shape index (κ2) is 9.43. The van der Waals surface area contributed by atoms with E-state index in [4.69, 9.17) is 0 Å². The standard InChI is InChI=1S/C17H18N6O8/c1-10-6-12(20(24)25)16(13(7-10)21(26)27)18-4-3-5-19-17-14(22(28)29)8-11(2)9-15(17)23(30)31/h6-9,18-19H,3-5H2,1-2H3. The SMILES string of the molecule is Cc1cc([N+](=O)[O-])c(NCCCNc2c([N+](=O)[O-])cc(C)cc2[N+](=O)[O-])c([N+](=O)[O-])c1. The van der Waals surface area contributed by atoms with Gasteiger partial charge >= 0.3 is 0 Å². The first-order valence-corrected chi connectivity index (χ1v) is 8.87. The largest absolute Gasteiger partial charge is 0.374 e. The zero-order chi connectivity index (χ0) is 23.3. The van der Waals surface area contributed by atoms with Gasteiger partial charge in [-0.25, -0.2) is 0 Å². The van der Waals surface area contributed by atoms with E-state index in [-0.39, 0.29) is 30.9 Å². The molecule has 0 heterocycles. The van der Waals surface area contributed by atoms with Crippen LogP contribution in [0.1, 0.15) is 17.5 Å². The monoisotopic (exact) mass is 434 g/mol. The van der Waals surface area contributed by atoms with E-state index < -0.39 is 42.4 Å². The Hall–Kier alpha value is -4.36. The number of nitrogens with one attached hydrogen (secondary N) is 2. The predicted octanol–water partition coefficient (Wildman–Crippen LogP) is 3.85. The molecule has 2 N–H and O–H groups in total. The minimum Gasteiger partial charge on any atom is -0.374 e. The molecule has 0 fully saturated rings. The maximum atomic E-state index is 11.3. The van der Waals surface area contributed by atoms with Gasteiger partial charge in [0.15, 0.2) is 11.4 Å². The fourth-order valence-corrected chi connectivity index (χ4v) is 2.95. The highest BCUT2D eigenvalue weighted by Crippen LogP contribution is 2.36. The molecule has 0 saturated heterocycles. The number of aryl methyl sites for hydroxylation is 2. The van der Waals surface area contributed by atoms with Crippen LogP contribution in [0.3, 0.4) is 0 Å². The summed E-state index contributed by atoms with van der Waals surface area (Å²) in [5, 5.41) is 50.3. The van der Waals surface area contributed by atoms with Crippen molar-refractivity contribution in [1.82, 2.24) is 0 Å². The van der Waals surface area contributed by atoms with Crippen molar-refractivity contribution < 1.29 is 19.7 Å². The van der Waals surface area contributed by atoms with Crippen molar-refractivity contribution in [2.24, 2.45) is 0 Å². The normalized spacial score (nSPS) is 10.4. The van der Waals surface area contributed by atoms with Gasteiger partial charge in [-0.3, -0.25) is 40.5 Å². The Labute approximate surface area is 174 Å². The highest BCUT2D eigenvalue weighted by molar-refractivity contribution is 5.75. The number of benzene rings is 2. The van der Waals surface area contributed by atoms with E-state index in [1.54, 1.807) is 0 Å². The fourth-order valence-electron chi connectivity index (χ4n) is 2.95. The third kappa shape index (κ3) is 5.37. The number of nitrogens with zero attached hydrogens (tertiary/aromatic N) is 4. The lowest BCUT2D eigenvalue weighted by Gasteiger charge is -2.11. The van der Waals surface area contributed by atoms with Gasteiger partial charge in [0.2, 0.25) is 0 Å². The highest BCUT2D eigenvalue weighted by Gasteiger charge is 2.27. The second-order valence-corrected chi connectivity index (χ2v) is 6.59. The molecule has 0 aliphatic rings. The van der Waals surface area contributed by atoms with Crippen LogP contribution >= 0.6 is 0 Å². The van der Waals surface area contributed by atoms with Crippen LogP contribution in [0, 0.1) is 54.3 Å². The summed E-state index contributed by atoms with van der Waals surface area (Å²) in [6.07, 6.45) is 0.199. The molecule has 31 heavy (non-hydrogen) atoms. The van der Waals surface area contributed by atoms with E-state index in [1.807, 2.05) is 0 Å². The van der Waals surface area contributed by atoms with Crippen molar-refractivity contribution in [2.45, 2.75) is 20.3 Å². The third-order valence-electron chi connectivity index (χ3n) is 4.23. The van der Waals surface area contributed by atoms with Gasteiger partial charge < -0.3 is 10.6 Å². The molecule has 2 aromatic carbocycles. The summed E-state index contributed by atoms with van der Waals surface area (Å²) >= 11 is 0. The predicted molar refractivity (Wildman–Crippen MR) is 111 cm³/mol. The molecule has 0 aliphatic carbocycles. The first-order valence-electron chi connectivity index (χ1n) is 8.87. The average Bonchev–Trinajstić information content (AvgIpc) is 2.67. The molecular weight excluding hydrogens is 416 g/mol. The molecule has 2 rings (SSSR count). The number of anilines is 2. The lowest BCUT2D eigenvalue weighted by molar-refractivity contribution is -0.392. The summed E-state index contributed by atoms with van der Waals surface area (Å²) < 4.78 is 0. The number of rotatable bonds is 10. The zero-order valence-electron chi connectivity index (χ0n) is 16.5. The lowest BCUT2D eigenvalue weighted by atomic mass is 10.1. The van der Waals surface area contributed by atoms with E-state index in [9.17, 15) is 40.5 Å². The fraction of sp³-hybridized carbons (Fsp3) is 0.294. The summed E-state index contributed by atoms with van der Waals surface area (Å²) in [5.74, 6) is 0. The van der Waals surface area contributed by atoms with Crippen LogP contribution in [0.5, 0.6) is 0 Å². The second-order valence-electron chi connectivity index (χ2n) is 6.59. The molecule has 2 aromatic rings. The Bertz CT molecular complexity index is 917. The van der Waals surface area contributed by atoms with Crippen molar-refractivity contribution in [1.29, 1.82) is 0 Å². The topological polar surface area (TPSA) is 197 Å². The molecule has 164 valence electrons. The first-order chi connectivity index (χ1) is 14.5. The molecule has 0 aromatic heterocycles. The van der Waals surface area contributed by atoms with Gasteiger partial charge in [0.05, 0.1) is 19.7 Å². The Kier molecular flexibility index (Phi) is 6.97. The van der Waals surface area contributed by atoms with Crippen molar-refractivity contribution in [3.05, 3.63) is 75.8 Å². The number of nitro benzene ring substituents is 4. The average molecular weight is 434 g/mol. The summed E-state index contributed by atoms with van der Waals surface area (Å²) in [7, 11) is 0. The van der Waals surface area contributed by atoms with E-state index in [0.29, 0.717) is 11.1 Å². The summed E-state index contributed by atoms with van der Waals surface area (Å²) in [5.41, 5.74) is -1.63. The number of hydrogen-bond donors (Lipinski definition) is 2. The minimum atomic E-state index is -0.737. The van der Waals surface area contributed by atoms with Crippen molar-refractivity contribution in [3.63, 3.8) is 0 Å². The summed E-state index contributed by atoms with van der Waals surface area (Å²) in [6.45, 7) is 3.06. The van der Waals surface area contributed by atoms with Crippen LogP contribution in [0.2, 0.25) is 0 Å². The van der Waals surface area contributed by atoms with Gasteiger partial charge in [0.25, 0.3) is 22.7 Å². The van der Waals surface area contributed by atoms with E-state index >= 15 is 0 Å². The van der Waals surface area contributed by atoms with Crippen LogP contribution in [0.4, 0.5) is 34.1 Å². The van der Waals surface area contributed by atoms with Crippen LogP contribution < -0.4 is 10.6 Å². The Balaban J connectivity index is 2.16. The molecule has 0 spiro atoms. The highest BCUT2D eigenvalue weighted by atomic mass is 16.6. The van der Waals surface area contributed by atoms with E-state index in [2.05, 4.69) is 10.6 Å². The molecule has 0 unspecified atom stereocenters. The molecule has 0 bridgehead atoms. The molecular formula is C17H18N6O8. The van der Waals surface area contributed by atoms with Crippen molar-refractivity contribution >= 4 is 34.1 Å². The van der Waals surface area contributed by atoms with E-state index in [1.165, 1.54) is 38.1 Å². The Morgan fingerprint density at radius 1 is 0.613 bits per heavy atom. The molecule has 0 amide bonds. The molecule has 0 atom stereocenters. The van der Waals surface area contributed by atoms with Crippen molar-refractivity contribution in [3.8, 4) is 0 Å². The molecule has 0 aliphatic heterocycles. The smallest absolute Gasteiger partial charge is 0.299 e. The van der Waals surface area contributed by atoms with Crippen molar-refractivity contribution in [2.75, 3.05) is 23.7 Å². The molecule has 14 nitrogen and oxygen atoms in total. The van der Waals surface area contributed by atoms with Crippen LogP contribution in [0.15, 0.2) is 24.3 Å². The van der Waals surface area contributed by atoms with Crippen LogP contribution in [-0.2, 0) is 0 Å². The summed E-state index contributed by atoms with van der Waals surface area (Å²) in [4.78, 5) is 42.1. The quantitative estimate of drug-likeness (QED) is 0.314. The van der Waals surface area contributed by atoms with Gasteiger partial charge in [-0.1, -0.05) is 0 Å². The van der Waals surface area contributed by atoms with Gasteiger partial charge in [-0.15, -0.1) is 0 Å². The number of nitro groups is 4. The van der Waals surface area contributed by atoms with Gasteiger partial charge in [-0.05, 0) is 31.4 Å². The zero-order valence-corrected chi connectivity index (χ0v) is 16.5. The first kappa shape index (κ1) is 22.9. The molecule has 0 radical (unpaired) electrons. The summed E-state index contributed by atoms with van der Waals surface area (Å²) in [6, 6.07) is 4.80. The maximum absolute atomic E-state index is 11.3. The van der Waals surface area contributed by atoms with E-state index in [0.717, 1.165) is 0 Å². The maximum Gasteiger partial charge on any atom is 0.299 e. The van der Waals surface area contributed by atoms with Crippen LogP contribution in [0.25, 0.3) is 0 Å².